The van der Waals surface area contributed by atoms with Gasteiger partial charge in [-0.3, -0.25) is 20.4 Å². The maximum Gasteiger partial charge on any atom is 0.291 e. The van der Waals surface area contributed by atoms with Crippen LogP contribution in [-0.2, 0) is 0 Å². The topological polar surface area (TPSA) is 100 Å². The molecule has 0 radical (unpaired) electrons. The summed E-state index contributed by atoms with van der Waals surface area (Å²) in [5.41, 5.74) is 5.12. The first-order valence-corrected chi connectivity index (χ1v) is 6.43. The molecule has 2 aromatic heterocycles. The van der Waals surface area contributed by atoms with Crippen LogP contribution in [0.5, 0.6) is 0 Å². The van der Waals surface area contributed by atoms with E-state index >= 15 is 0 Å². The van der Waals surface area contributed by atoms with Gasteiger partial charge in [0.2, 0.25) is 0 Å². The molecule has 0 spiro atoms. The molecule has 0 atom stereocenters. The van der Waals surface area contributed by atoms with E-state index < -0.39 is 11.8 Å². The maximum atomic E-state index is 11.8. The summed E-state index contributed by atoms with van der Waals surface area (Å²) in [5, 5.41) is 0. The molecular weight excluding hydrogens is 260 g/mol. The van der Waals surface area contributed by atoms with Crippen LogP contribution in [0.25, 0.3) is 0 Å². The average Bonchev–Trinajstić information content (AvgIpc) is 3.04. The van der Waals surface area contributed by atoms with Crippen LogP contribution < -0.4 is 10.9 Å². The van der Waals surface area contributed by atoms with Crippen molar-refractivity contribution < 1.29 is 14.0 Å². The van der Waals surface area contributed by atoms with Gasteiger partial charge in [-0.2, -0.15) is 0 Å². The van der Waals surface area contributed by atoms with E-state index in [4.69, 9.17) is 4.42 Å². The molecule has 3 N–H and O–H groups in total. The van der Waals surface area contributed by atoms with Crippen LogP contribution >= 0.6 is 0 Å². The van der Waals surface area contributed by atoms with Gasteiger partial charge in [0.15, 0.2) is 11.6 Å². The maximum absolute atomic E-state index is 11.8. The van der Waals surface area contributed by atoms with Crippen molar-refractivity contribution in [1.82, 2.24) is 20.8 Å². The summed E-state index contributed by atoms with van der Waals surface area (Å²) in [6.45, 7) is 0. The molecule has 1 aliphatic rings. The number of hydrogen-bond donors (Lipinski definition) is 3. The highest BCUT2D eigenvalue weighted by Crippen LogP contribution is 2.35. The molecular formula is C13H14N4O3. The number of hydrogen-bond acceptors (Lipinski definition) is 4. The second-order valence-electron chi connectivity index (χ2n) is 4.69. The second kappa shape index (κ2) is 5.20. The van der Waals surface area contributed by atoms with Gasteiger partial charge in [0.1, 0.15) is 12.0 Å². The molecule has 0 saturated heterocycles. The summed E-state index contributed by atoms with van der Waals surface area (Å²) in [7, 11) is 0. The Morgan fingerprint density at radius 2 is 2.10 bits per heavy atom. The first kappa shape index (κ1) is 12.5. The standard InChI is InChI=1S/C13H14N4O3/c18-11(9-5-2-6-14-9)16-17-12(19)10-7-20-13(15-10)8-3-1-4-8/h2,5-8,14H,1,3-4H2,(H,16,18)(H,17,19). The molecule has 3 rings (SSSR count). The number of amides is 2. The van der Waals surface area contributed by atoms with Gasteiger partial charge >= 0.3 is 0 Å². The van der Waals surface area contributed by atoms with Gasteiger partial charge in [-0.25, -0.2) is 4.98 Å². The Kier molecular flexibility index (Phi) is 3.24. The number of rotatable bonds is 3. The zero-order valence-electron chi connectivity index (χ0n) is 10.7. The predicted octanol–water partition coefficient (Wildman–Crippen LogP) is 1.34. The Morgan fingerprint density at radius 3 is 2.75 bits per heavy atom. The molecule has 1 fully saturated rings. The fourth-order valence-corrected chi connectivity index (χ4v) is 1.95. The van der Waals surface area contributed by atoms with Gasteiger partial charge in [0.25, 0.3) is 11.8 Å². The van der Waals surface area contributed by atoms with Gasteiger partial charge < -0.3 is 9.40 Å². The van der Waals surface area contributed by atoms with Crippen LogP contribution in [0, 0.1) is 0 Å². The SMILES string of the molecule is O=C(NNC(=O)c1ccc[nH]1)c1coc(C2CCC2)n1. The number of oxazole rings is 1. The van der Waals surface area contributed by atoms with Crippen molar-refractivity contribution in [2.45, 2.75) is 25.2 Å². The summed E-state index contributed by atoms with van der Waals surface area (Å²) in [4.78, 5) is 30.3. The number of H-pyrrole nitrogens is 1. The molecule has 104 valence electrons. The summed E-state index contributed by atoms with van der Waals surface area (Å²) in [6.07, 6.45) is 6.19. The van der Waals surface area contributed by atoms with E-state index in [0.717, 1.165) is 12.8 Å². The van der Waals surface area contributed by atoms with Crippen LogP contribution in [0.4, 0.5) is 0 Å². The number of nitrogens with zero attached hydrogens (tertiary/aromatic N) is 1. The van der Waals surface area contributed by atoms with Crippen molar-refractivity contribution in [2.75, 3.05) is 0 Å². The summed E-state index contributed by atoms with van der Waals surface area (Å²) >= 11 is 0. The average molecular weight is 274 g/mol. The molecule has 7 nitrogen and oxygen atoms in total. The largest absolute Gasteiger partial charge is 0.448 e. The number of hydrazine groups is 1. The first-order chi connectivity index (χ1) is 9.74. The fraction of sp³-hybridized carbons (Fsp3) is 0.308. The number of aromatic nitrogens is 2. The van der Waals surface area contributed by atoms with Gasteiger partial charge in [-0.05, 0) is 25.0 Å². The van der Waals surface area contributed by atoms with E-state index in [1.54, 1.807) is 18.3 Å². The van der Waals surface area contributed by atoms with E-state index in [0.29, 0.717) is 17.5 Å². The Balaban J connectivity index is 1.56. The normalized spacial score (nSPS) is 14.6. The highest BCUT2D eigenvalue weighted by Gasteiger charge is 2.25. The lowest BCUT2D eigenvalue weighted by Gasteiger charge is -2.21. The lowest BCUT2D eigenvalue weighted by molar-refractivity contribution is 0.0841. The zero-order chi connectivity index (χ0) is 13.9. The van der Waals surface area contributed by atoms with E-state index in [2.05, 4.69) is 20.8 Å². The Morgan fingerprint density at radius 1 is 1.30 bits per heavy atom. The minimum absolute atomic E-state index is 0.165. The Labute approximate surface area is 114 Å². The van der Waals surface area contributed by atoms with Crippen molar-refractivity contribution in [3.63, 3.8) is 0 Å². The monoisotopic (exact) mass is 274 g/mol. The van der Waals surface area contributed by atoms with Crippen molar-refractivity contribution >= 4 is 11.8 Å². The van der Waals surface area contributed by atoms with E-state index in [9.17, 15) is 9.59 Å². The Hall–Kier alpha value is -2.57. The molecule has 1 saturated carbocycles. The molecule has 0 unspecified atom stereocenters. The zero-order valence-corrected chi connectivity index (χ0v) is 10.7. The van der Waals surface area contributed by atoms with Crippen LogP contribution in [0.2, 0.25) is 0 Å². The summed E-state index contributed by atoms with van der Waals surface area (Å²) in [5.74, 6) is -0.00700. The van der Waals surface area contributed by atoms with Crippen LogP contribution in [-0.4, -0.2) is 21.8 Å². The lowest BCUT2D eigenvalue weighted by Crippen LogP contribution is -2.41. The molecule has 0 bridgehead atoms. The molecule has 0 aliphatic heterocycles. The number of carbonyl (C=O) groups is 2. The Bertz CT molecular complexity index is 613. The summed E-state index contributed by atoms with van der Waals surface area (Å²) < 4.78 is 5.28. The van der Waals surface area contributed by atoms with Crippen molar-refractivity contribution in [1.29, 1.82) is 0 Å². The molecule has 0 aromatic carbocycles. The van der Waals surface area contributed by atoms with Crippen LogP contribution in [0.1, 0.15) is 52.0 Å². The predicted molar refractivity (Wildman–Crippen MR) is 68.8 cm³/mol. The first-order valence-electron chi connectivity index (χ1n) is 6.43. The number of aromatic amines is 1. The van der Waals surface area contributed by atoms with Gasteiger partial charge in [-0.15, -0.1) is 0 Å². The summed E-state index contributed by atoms with van der Waals surface area (Å²) in [6, 6.07) is 3.30. The van der Waals surface area contributed by atoms with Crippen molar-refractivity contribution in [3.8, 4) is 0 Å². The minimum atomic E-state index is -0.501. The van der Waals surface area contributed by atoms with E-state index in [-0.39, 0.29) is 5.69 Å². The van der Waals surface area contributed by atoms with E-state index in [1.807, 2.05) is 0 Å². The quantitative estimate of drug-likeness (QED) is 0.735. The number of carbonyl (C=O) groups excluding carboxylic acids is 2. The third-order valence-corrected chi connectivity index (χ3v) is 3.34. The van der Waals surface area contributed by atoms with Crippen LogP contribution in [0.3, 0.4) is 0 Å². The minimum Gasteiger partial charge on any atom is -0.448 e. The molecule has 2 heterocycles. The molecule has 2 amide bonds. The van der Waals surface area contributed by atoms with Gasteiger partial charge in [-0.1, -0.05) is 6.42 Å². The van der Waals surface area contributed by atoms with Crippen molar-refractivity contribution in [3.05, 3.63) is 41.9 Å². The molecule has 2 aromatic rings. The molecule has 20 heavy (non-hydrogen) atoms. The van der Waals surface area contributed by atoms with Gasteiger partial charge in [0.05, 0.1) is 0 Å². The number of nitrogens with one attached hydrogen (secondary N) is 3. The lowest BCUT2D eigenvalue weighted by atomic mass is 9.85. The third kappa shape index (κ3) is 2.42. The highest BCUT2D eigenvalue weighted by molar-refractivity contribution is 5.97. The van der Waals surface area contributed by atoms with Crippen molar-refractivity contribution in [2.24, 2.45) is 0 Å². The highest BCUT2D eigenvalue weighted by atomic mass is 16.3. The second-order valence-corrected chi connectivity index (χ2v) is 4.69. The fourth-order valence-electron chi connectivity index (χ4n) is 1.95. The van der Waals surface area contributed by atoms with Crippen LogP contribution in [0.15, 0.2) is 29.0 Å². The van der Waals surface area contributed by atoms with Gasteiger partial charge in [0, 0.05) is 12.1 Å². The molecule has 7 heteroatoms. The molecule has 1 aliphatic carbocycles. The smallest absolute Gasteiger partial charge is 0.291 e. The third-order valence-electron chi connectivity index (χ3n) is 3.34. The van der Waals surface area contributed by atoms with E-state index in [1.165, 1.54) is 12.7 Å².